The maximum absolute atomic E-state index is 11.8. The third kappa shape index (κ3) is 5.97. The van der Waals surface area contributed by atoms with Gasteiger partial charge in [0.15, 0.2) is 0 Å². The first-order chi connectivity index (χ1) is 8.89. The summed E-state index contributed by atoms with van der Waals surface area (Å²) in [5.74, 6) is 0.885. The average molecular weight is 325 g/mol. The van der Waals surface area contributed by atoms with Crippen LogP contribution in [0.15, 0.2) is 0 Å². The Morgan fingerprint density at radius 2 is 2.10 bits per heavy atom. The highest BCUT2D eigenvalue weighted by atomic mass is 35.5. The van der Waals surface area contributed by atoms with Crippen LogP contribution in [0.2, 0.25) is 0 Å². The Balaban J connectivity index is 0.00000200. The molecule has 2 N–H and O–H groups in total. The molecule has 1 saturated carbocycles. The number of nitrogens with one attached hydrogen (secondary N) is 2. The highest BCUT2D eigenvalue weighted by molar-refractivity contribution is 7.90. The van der Waals surface area contributed by atoms with E-state index in [0.717, 1.165) is 38.8 Å². The van der Waals surface area contributed by atoms with E-state index in [-0.39, 0.29) is 29.5 Å². The standard InChI is InChI=1S/C13H24N2O3S.ClH/c1-19(17,18)10-13(5-6-13)9-15-12(16)3-2-11-4-7-14-8-11;/h11,14H,2-10H2,1H3,(H,15,16);1H. The lowest BCUT2D eigenvalue weighted by Gasteiger charge is -2.15. The van der Waals surface area contributed by atoms with Crippen molar-refractivity contribution in [2.24, 2.45) is 11.3 Å². The number of carbonyl (C=O) groups is 1. The fourth-order valence-corrected chi connectivity index (χ4v) is 4.28. The Labute approximate surface area is 127 Å². The van der Waals surface area contributed by atoms with Crippen LogP contribution < -0.4 is 10.6 Å². The molecule has 2 fully saturated rings. The van der Waals surface area contributed by atoms with Gasteiger partial charge in [0, 0.05) is 24.6 Å². The Hall–Kier alpha value is -0.330. The van der Waals surface area contributed by atoms with Crippen LogP contribution in [-0.2, 0) is 14.6 Å². The van der Waals surface area contributed by atoms with E-state index in [9.17, 15) is 13.2 Å². The number of sulfone groups is 1. The van der Waals surface area contributed by atoms with E-state index in [1.54, 1.807) is 0 Å². The molecule has 0 aromatic rings. The van der Waals surface area contributed by atoms with Crippen LogP contribution in [0.1, 0.15) is 32.1 Å². The van der Waals surface area contributed by atoms with E-state index < -0.39 is 9.84 Å². The van der Waals surface area contributed by atoms with Crippen LogP contribution >= 0.6 is 12.4 Å². The molecule has 1 aliphatic carbocycles. The molecule has 118 valence electrons. The van der Waals surface area contributed by atoms with Crippen LogP contribution in [0.25, 0.3) is 0 Å². The van der Waals surface area contributed by atoms with Crippen LogP contribution in [0, 0.1) is 11.3 Å². The van der Waals surface area contributed by atoms with Crippen LogP contribution in [0.3, 0.4) is 0 Å². The van der Waals surface area contributed by atoms with E-state index in [4.69, 9.17) is 0 Å². The first kappa shape index (κ1) is 17.7. The first-order valence-electron chi connectivity index (χ1n) is 7.04. The summed E-state index contributed by atoms with van der Waals surface area (Å²) in [4.78, 5) is 11.8. The van der Waals surface area contributed by atoms with Gasteiger partial charge in [-0.25, -0.2) is 8.42 Å². The van der Waals surface area contributed by atoms with Crippen molar-refractivity contribution in [1.29, 1.82) is 0 Å². The first-order valence-corrected chi connectivity index (χ1v) is 9.10. The number of hydrogen-bond acceptors (Lipinski definition) is 4. The van der Waals surface area contributed by atoms with Crippen molar-refractivity contribution in [2.45, 2.75) is 32.1 Å². The molecule has 20 heavy (non-hydrogen) atoms. The van der Waals surface area contributed by atoms with Crippen molar-refractivity contribution in [3.05, 3.63) is 0 Å². The monoisotopic (exact) mass is 324 g/mol. The molecule has 5 nitrogen and oxygen atoms in total. The Morgan fingerprint density at radius 3 is 2.60 bits per heavy atom. The topological polar surface area (TPSA) is 75.3 Å². The molecular formula is C13H25ClN2O3S. The van der Waals surface area contributed by atoms with Crippen molar-refractivity contribution >= 4 is 28.2 Å². The second-order valence-electron chi connectivity index (χ2n) is 6.24. The van der Waals surface area contributed by atoms with Gasteiger partial charge in [0.2, 0.25) is 5.91 Å². The van der Waals surface area contributed by atoms with Crippen molar-refractivity contribution in [1.82, 2.24) is 10.6 Å². The van der Waals surface area contributed by atoms with E-state index in [1.165, 1.54) is 6.26 Å². The lowest BCUT2D eigenvalue weighted by atomic mass is 10.0. The highest BCUT2D eigenvalue weighted by Gasteiger charge is 2.45. The number of hydrogen-bond donors (Lipinski definition) is 2. The van der Waals surface area contributed by atoms with E-state index in [0.29, 0.717) is 18.9 Å². The van der Waals surface area contributed by atoms with E-state index in [1.807, 2.05) is 0 Å². The van der Waals surface area contributed by atoms with Gasteiger partial charge in [-0.05, 0) is 44.7 Å². The average Bonchev–Trinajstić information content (AvgIpc) is 2.87. The predicted molar refractivity (Wildman–Crippen MR) is 81.8 cm³/mol. The van der Waals surface area contributed by atoms with Gasteiger partial charge in [-0.2, -0.15) is 0 Å². The molecule has 1 atom stereocenters. The normalized spacial score (nSPS) is 23.9. The maximum Gasteiger partial charge on any atom is 0.220 e. The van der Waals surface area contributed by atoms with Gasteiger partial charge >= 0.3 is 0 Å². The summed E-state index contributed by atoms with van der Waals surface area (Å²) in [7, 11) is -2.95. The summed E-state index contributed by atoms with van der Waals surface area (Å²) in [6, 6.07) is 0. The molecule has 0 spiro atoms. The molecule has 1 saturated heterocycles. The number of halogens is 1. The van der Waals surface area contributed by atoms with Crippen molar-refractivity contribution < 1.29 is 13.2 Å². The van der Waals surface area contributed by atoms with Gasteiger partial charge < -0.3 is 10.6 Å². The third-order valence-electron chi connectivity index (χ3n) is 4.13. The predicted octanol–water partition coefficient (Wildman–Crippen LogP) is 0.739. The Morgan fingerprint density at radius 1 is 1.40 bits per heavy atom. The quantitative estimate of drug-likeness (QED) is 0.724. The number of rotatable bonds is 7. The largest absolute Gasteiger partial charge is 0.356 e. The molecule has 2 aliphatic rings. The Kier molecular flexibility index (Phi) is 6.28. The molecule has 0 aromatic carbocycles. The summed E-state index contributed by atoms with van der Waals surface area (Å²) in [5.41, 5.74) is -0.168. The lowest BCUT2D eigenvalue weighted by molar-refractivity contribution is -0.121. The van der Waals surface area contributed by atoms with Gasteiger partial charge in [0.1, 0.15) is 9.84 Å². The zero-order valence-electron chi connectivity index (χ0n) is 12.0. The minimum absolute atomic E-state index is 0. The van der Waals surface area contributed by atoms with Crippen molar-refractivity contribution in [3.63, 3.8) is 0 Å². The summed E-state index contributed by atoms with van der Waals surface area (Å²) >= 11 is 0. The number of carbonyl (C=O) groups excluding carboxylic acids is 1. The van der Waals surface area contributed by atoms with Gasteiger partial charge in [0.25, 0.3) is 0 Å². The van der Waals surface area contributed by atoms with Gasteiger partial charge in [-0.15, -0.1) is 12.4 Å². The fourth-order valence-electron chi connectivity index (χ4n) is 2.78. The smallest absolute Gasteiger partial charge is 0.220 e. The van der Waals surface area contributed by atoms with Crippen molar-refractivity contribution in [3.8, 4) is 0 Å². The zero-order valence-corrected chi connectivity index (χ0v) is 13.6. The molecular weight excluding hydrogens is 300 g/mol. The summed E-state index contributed by atoms with van der Waals surface area (Å²) in [6.07, 6.45) is 5.73. The molecule has 1 amide bonds. The van der Waals surface area contributed by atoms with Crippen molar-refractivity contribution in [2.75, 3.05) is 31.6 Å². The molecule has 1 heterocycles. The van der Waals surface area contributed by atoms with Gasteiger partial charge in [-0.3, -0.25) is 4.79 Å². The summed E-state index contributed by atoms with van der Waals surface area (Å²) in [6.45, 7) is 2.59. The van der Waals surface area contributed by atoms with Crippen LogP contribution in [0.5, 0.6) is 0 Å². The molecule has 1 aliphatic heterocycles. The summed E-state index contributed by atoms with van der Waals surface area (Å²) < 4.78 is 22.6. The van der Waals surface area contributed by atoms with Gasteiger partial charge in [-0.1, -0.05) is 0 Å². The van der Waals surface area contributed by atoms with E-state index >= 15 is 0 Å². The Bertz CT molecular complexity index is 429. The third-order valence-corrected chi connectivity index (χ3v) is 5.26. The number of amides is 1. The minimum Gasteiger partial charge on any atom is -0.356 e. The summed E-state index contributed by atoms with van der Waals surface area (Å²) in [5, 5.41) is 6.20. The maximum atomic E-state index is 11.8. The molecule has 1 unspecified atom stereocenters. The SMILES string of the molecule is CS(=O)(=O)CC1(CNC(=O)CCC2CCNC2)CC1.Cl. The van der Waals surface area contributed by atoms with Crippen LogP contribution in [0.4, 0.5) is 0 Å². The molecule has 0 bridgehead atoms. The molecule has 7 heteroatoms. The highest BCUT2D eigenvalue weighted by Crippen LogP contribution is 2.46. The van der Waals surface area contributed by atoms with E-state index in [2.05, 4.69) is 10.6 Å². The molecule has 2 rings (SSSR count). The molecule has 0 aromatic heterocycles. The fraction of sp³-hybridized carbons (Fsp3) is 0.923. The second kappa shape index (κ2) is 7.09. The second-order valence-corrected chi connectivity index (χ2v) is 8.38. The van der Waals surface area contributed by atoms with Gasteiger partial charge in [0.05, 0.1) is 5.75 Å². The zero-order chi connectivity index (χ0) is 13.9. The minimum atomic E-state index is -2.95. The lowest BCUT2D eigenvalue weighted by Crippen LogP contribution is -2.33. The van der Waals surface area contributed by atoms with Crippen LogP contribution in [-0.4, -0.2) is 46.0 Å². The molecule has 0 radical (unpaired) electrons.